The van der Waals surface area contributed by atoms with E-state index in [-0.39, 0.29) is 11.5 Å². The minimum atomic E-state index is -0.370. The molecular formula is C15H13NO3. The van der Waals surface area contributed by atoms with Crippen molar-refractivity contribution in [3.63, 3.8) is 0 Å². The van der Waals surface area contributed by atoms with E-state index in [1.807, 2.05) is 12.2 Å². The fraction of sp³-hybridized carbons (Fsp3) is 0.200. The standard InChI is InChI=1S/C15H13NO3/c1-19-15(18)12-8-9-6-7-16-14(17)13(9)11-5-3-2-4-10(11)12/h4-8H,2-3H2,1H3,(H,16,17). The van der Waals surface area contributed by atoms with Gasteiger partial charge >= 0.3 is 5.97 Å². The van der Waals surface area contributed by atoms with Gasteiger partial charge in [-0.2, -0.15) is 0 Å². The van der Waals surface area contributed by atoms with E-state index in [0.717, 1.165) is 28.7 Å². The third kappa shape index (κ3) is 1.76. The topological polar surface area (TPSA) is 59.2 Å². The number of ether oxygens (including phenoxy) is 1. The zero-order chi connectivity index (χ0) is 13.4. The summed E-state index contributed by atoms with van der Waals surface area (Å²) in [6, 6.07) is 3.52. The molecular weight excluding hydrogens is 242 g/mol. The van der Waals surface area contributed by atoms with E-state index in [1.54, 1.807) is 18.3 Å². The molecule has 1 aromatic carbocycles. The zero-order valence-electron chi connectivity index (χ0n) is 10.5. The second kappa shape index (κ2) is 4.39. The molecule has 1 heterocycles. The van der Waals surface area contributed by atoms with Gasteiger partial charge in [0, 0.05) is 6.20 Å². The van der Waals surface area contributed by atoms with Crippen LogP contribution in [-0.2, 0) is 4.74 Å². The quantitative estimate of drug-likeness (QED) is 0.762. The van der Waals surface area contributed by atoms with Crippen LogP contribution in [0.3, 0.4) is 0 Å². The Kier molecular flexibility index (Phi) is 2.71. The third-order valence-corrected chi connectivity index (χ3v) is 3.41. The smallest absolute Gasteiger partial charge is 0.338 e. The van der Waals surface area contributed by atoms with E-state index in [0.29, 0.717) is 10.9 Å². The molecule has 0 saturated carbocycles. The Morgan fingerprint density at radius 2 is 2.00 bits per heavy atom. The summed E-state index contributed by atoms with van der Waals surface area (Å²) >= 11 is 0. The molecule has 1 N–H and O–H groups in total. The molecule has 96 valence electrons. The summed E-state index contributed by atoms with van der Waals surface area (Å²) in [7, 11) is 1.36. The van der Waals surface area contributed by atoms with E-state index >= 15 is 0 Å². The Balaban J connectivity index is 2.58. The molecule has 1 aliphatic carbocycles. The van der Waals surface area contributed by atoms with Crippen LogP contribution in [0.1, 0.15) is 23.2 Å². The zero-order valence-corrected chi connectivity index (χ0v) is 10.5. The number of nitrogens with one attached hydrogen (secondary N) is 1. The van der Waals surface area contributed by atoms with E-state index in [2.05, 4.69) is 4.98 Å². The first kappa shape index (κ1) is 11.7. The van der Waals surface area contributed by atoms with Crippen LogP contribution in [0.4, 0.5) is 0 Å². The Labute approximate surface area is 109 Å². The average Bonchev–Trinajstić information content (AvgIpc) is 2.45. The van der Waals surface area contributed by atoms with E-state index < -0.39 is 0 Å². The molecule has 0 fully saturated rings. The molecule has 0 atom stereocenters. The average molecular weight is 255 g/mol. The highest BCUT2D eigenvalue weighted by Crippen LogP contribution is 2.08. The number of esters is 1. The number of aromatic amines is 1. The van der Waals surface area contributed by atoms with Gasteiger partial charge in [0.15, 0.2) is 0 Å². The van der Waals surface area contributed by atoms with Crippen molar-refractivity contribution in [3.05, 3.63) is 44.7 Å². The predicted octanol–water partition coefficient (Wildman–Crippen LogP) is 0.669. The number of H-pyrrole nitrogens is 1. The van der Waals surface area contributed by atoms with Crippen molar-refractivity contribution >= 4 is 28.9 Å². The molecule has 0 aliphatic heterocycles. The minimum Gasteiger partial charge on any atom is -0.465 e. The lowest BCUT2D eigenvalue weighted by Crippen LogP contribution is -2.36. The molecule has 0 amide bonds. The monoisotopic (exact) mass is 255 g/mol. The van der Waals surface area contributed by atoms with Crippen LogP contribution in [0.25, 0.3) is 22.9 Å². The van der Waals surface area contributed by atoms with Crippen LogP contribution in [0.15, 0.2) is 23.1 Å². The highest BCUT2D eigenvalue weighted by atomic mass is 16.5. The van der Waals surface area contributed by atoms with E-state index in [4.69, 9.17) is 4.74 Å². The summed E-state index contributed by atoms with van der Waals surface area (Å²) < 4.78 is 4.82. The summed E-state index contributed by atoms with van der Waals surface area (Å²) in [4.78, 5) is 26.5. The number of hydrogen-bond donors (Lipinski definition) is 1. The summed E-state index contributed by atoms with van der Waals surface area (Å²) in [6.07, 6.45) is 7.34. The highest BCUT2D eigenvalue weighted by Gasteiger charge is 2.13. The molecule has 3 rings (SSSR count). The number of aromatic nitrogens is 1. The summed E-state index contributed by atoms with van der Waals surface area (Å²) in [5.74, 6) is -0.370. The fourth-order valence-electron chi connectivity index (χ4n) is 2.57. The van der Waals surface area contributed by atoms with E-state index in [9.17, 15) is 9.59 Å². The van der Waals surface area contributed by atoms with Crippen LogP contribution in [0.2, 0.25) is 0 Å². The van der Waals surface area contributed by atoms with Crippen molar-refractivity contribution in [3.8, 4) is 0 Å². The van der Waals surface area contributed by atoms with Crippen molar-refractivity contribution in [1.29, 1.82) is 0 Å². The predicted molar refractivity (Wildman–Crippen MR) is 73.3 cm³/mol. The van der Waals surface area contributed by atoms with Gasteiger partial charge in [0.05, 0.1) is 18.1 Å². The summed E-state index contributed by atoms with van der Waals surface area (Å²) in [6.45, 7) is 0. The summed E-state index contributed by atoms with van der Waals surface area (Å²) in [5.41, 5.74) is 0.392. The number of rotatable bonds is 1. The van der Waals surface area contributed by atoms with Gasteiger partial charge < -0.3 is 9.72 Å². The van der Waals surface area contributed by atoms with Gasteiger partial charge in [0.25, 0.3) is 5.56 Å². The van der Waals surface area contributed by atoms with Crippen molar-refractivity contribution in [2.45, 2.75) is 12.8 Å². The van der Waals surface area contributed by atoms with Gasteiger partial charge in [-0.15, -0.1) is 0 Å². The second-order valence-corrected chi connectivity index (χ2v) is 4.50. The van der Waals surface area contributed by atoms with Gasteiger partial charge in [0.1, 0.15) is 0 Å². The molecule has 0 saturated heterocycles. The first-order chi connectivity index (χ1) is 9.22. The Morgan fingerprint density at radius 3 is 2.74 bits per heavy atom. The normalized spacial score (nSPS) is 13.3. The number of carbonyl (C=O) groups excluding carboxylic acids is 1. The lowest BCUT2D eigenvalue weighted by molar-refractivity contribution is 0.0599. The molecule has 2 aromatic rings. The first-order valence-corrected chi connectivity index (χ1v) is 6.15. The van der Waals surface area contributed by atoms with Crippen molar-refractivity contribution in [2.24, 2.45) is 0 Å². The molecule has 1 aromatic heterocycles. The van der Waals surface area contributed by atoms with Crippen LogP contribution in [0.5, 0.6) is 0 Å². The van der Waals surface area contributed by atoms with Crippen molar-refractivity contribution in [2.75, 3.05) is 7.11 Å². The second-order valence-electron chi connectivity index (χ2n) is 4.50. The van der Waals surface area contributed by atoms with Crippen LogP contribution < -0.4 is 16.0 Å². The molecule has 4 nitrogen and oxygen atoms in total. The van der Waals surface area contributed by atoms with Gasteiger partial charge in [0.2, 0.25) is 0 Å². The van der Waals surface area contributed by atoms with Crippen LogP contribution >= 0.6 is 0 Å². The van der Waals surface area contributed by atoms with Gasteiger partial charge in [-0.3, -0.25) is 4.79 Å². The lowest BCUT2D eigenvalue weighted by atomic mass is 9.98. The third-order valence-electron chi connectivity index (χ3n) is 3.41. The van der Waals surface area contributed by atoms with Crippen molar-refractivity contribution < 1.29 is 9.53 Å². The molecule has 0 unspecified atom stereocenters. The fourth-order valence-corrected chi connectivity index (χ4v) is 2.57. The molecule has 19 heavy (non-hydrogen) atoms. The summed E-state index contributed by atoms with van der Waals surface area (Å²) in [5, 5.41) is 3.05. The van der Waals surface area contributed by atoms with Crippen molar-refractivity contribution in [1.82, 2.24) is 4.98 Å². The SMILES string of the molecule is COC(=O)c1cc2cc[nH]c(=O)c2c2c1=CCCC=2. The van der Waals surface area contributed by atoms with Crippen LogP contribution in [0, 0.1) is 0 Å². The minimum absolute atomic E-state index is 0.128. The molecule has 0 spiro atoms. The van der Waals surface area contributed by atoms with Crippen LogP contribution in [-0.4, -0.2) is 18.1 Å². The molecule has 1 aliphatic rings. The first-order valence-electron chi connectivity index (χ1n) is 6.15. The van der Waals surface area contributed by atoms with Gasteiger partial charge in [-0.05, 0) is 40.8 Å². The Bertz CT molecular complexity index is 846. The van der Waals surface area contributed by atoms with Gasteiger partial charge in [-0.25, -0.2) is 4.79 Å². The number of methoxy groups -OCH3 is 1. The Hall–Kier alpha value is -2.36. The maximum atomic E-state index is 12.0. The van der Waals surface area contributed by atoms with E-state index in [1.165, 1.54) is 7.11 Å². The maximum Gasteiger partial charge on any atom is 0.338 e. The molecule has 0 radical (unpaired) electrons. The van der Waals surface area contributed by atoms with Gasteiger partial charge in [-0.1, -0.05) is 12.2 Å². The number of carbonyl (C=O) groups is 1. The number of benzene rings is 1. The number of fused-ring (bicyclic) bond motifs is 3. The largest absolute Gasteiger partial charge is 0.465 e. The number of pyridine rings is 1. The maximum absolute atomic E-state index is 12.0. The number of hydrogen-bond acceptors (Lipinski definition) is 3. The lowest BCUT2D eigenvalue weighted by Gasteiger charge is -2.08. The molecule has 0 bridgehead atoms. The Morgan fingerprint density at radius 1 is 1.26 bits per heavy atom. The highest BCUT2D eigenvalue weighted by molar-refractivity contribution is 5.96. The molecule has 4 heteroatoms.